The predicted molar refractivity (Wildman–Crippen MR) is 109 cm³/mol. The molecule has 0 saturated carbocycles. The average molecular weight is 395 g/mol. The van der Waals surface area contributed by atoms with Gasteiger partial charge in [-0.05, 0) is 50.2 Å². The van der Waals surface area contributed by atoms with E-state index >= 15 is 0 Å². The number of anilines is 1. The number of nitrogens with zero attached hydrogens (tertiary/aromatic N) is 1. The lowest BCUT2D eigenvalue weighted by Crippen LogP contribution is -2.37. The van der Waals surface area contributed by atoms with Crippen LogP contribution in [0.15, 0.2) is 83.8 Å². The summed E-state index contributed by atoms with van der Waals surface area (Å²) in [6, 6.07) is 21.3. The molecule has 0 heterocycles. The van der Waals surface area contributed by atoms with Crippen LogP contribution < -0.4 is 9.04 Å². The van der Waals surface area contributed by atoms with Crippen molar-refractivity contribution in [1.82, 2.24) is 0 Å². The van der Waals surface area contributed by atoms with E-state index < -0.39 is 15.9 Å². The molecule has 0 aliphatic rings. The van der Waals surface area contributed by atoms with Crippen LogP contribution in [-0.4, -0.2) is 20.9 Å². The van der Waals surface area contributed by atoms with Crippen LogP contribution in [0.25, 0.3) is 0 Å². The number of sulfonamides is 1. The first-order chi connectivity index (χ1) is 13.4. The van der Waals surface area contributed by atoms with Crippen molar-refractivity contribution in [3.8, 4) is 5.75 Å². The van der Waals surface area contributed by atoms with E-state index in [-0.39, 0.29) is 16.1 Å². The van der Waals surface area contributed by atoms with Crippen molar-refractivity contribution >= 4 is 21.6 Å². The highest BCUT2D eigenvalue weighted by Gasteiger charge is 2.33. The summed E-state index contributed by atoms with van der Waals surface area (Å²) in [6.07, 6.45) is 0. The normalized spacial score (nSPS) is 11.1. The topological polar surface area (TPSA) is 63.7 Å². The maximum absolute atomic E-state index is 13.4. The van der Waals surface area contributed by atoms with E-state index in [9.17, 15) is 13.2 Å². The Balaban J connectivity index is 2.17. The predicted octanol–water partition coefficient (Wildman–Crippen LogP) is 4.43. The molecule has 0 bridgehead atoms. The summed E-state index contributed by atoms with van der Waals surface area (Å²) >= 11 is 0. The van der Waals surface area contributed by atoms with Crippen LogP contribution in [0.1, 0.15) is 22.8 Å². The molecule has 0 N–H and O–H groups in total. The van der Waals surface area contributed by atoms with Crippen LogP contribution in [0.5, 0.6) is 5.75 Å². The highest BCUT2D eigenvalue weighted by Crippen LogP contribution is 2.29. The summed E-state index contributed by atoms with van der Waals surface area (Å²) in [5.41, 5.74) is 1.41. The third kappa shape index (κ3) is 3.92. The van der Waals surface area contributed by atoms with Gasteiger partial charge in [-0.25, -0.2) is 8.42 Å². The summed E-state index contributed by atoms with van der Waals surface area (Å²) in [5.74, 6) is -0.327. The Hall–Kier alpha value is -3.12. The Morgan fingerprint density at radius 3 is 2.14 bits per heavy atom. The van der Waals surface area contributed by atoms with Gasteiger partial charge in [0.15, 0.2) is 0 Å². The van der Waals surface area contributed by atoms with Crippen molar-refractivity contribution in [2.75, 3.05) is 10.9 Å². The molecule has 0 saturated heterocycles. The summed E-state index contributed by atoms with van der Waals surface area (Å²) in [5, 5.41) is 0. The van der Waals surface area contributed by atoms with E-state index in [1.54, 1.807) is 73.7 Å². The van der Waals surface area contributed by atoms with Gasteiger partial charge in [0.25, 0.3) is 15.9 Å². The number of ether oxygens (including phenoxy) is 1. The van der Waals surface area contributed by atoms with E-state index in [1.165, 1.54) is 12.1 Å². The maximum Gasteiger partial charge on any atom is 0.276 e. The Labute approximate surface area is 165 Å². The third-order valence-electron chi connectivity index (χ3n) is 4.15. The molecule has 3 aromatic carbocycles. The van der Waals surface area contributed by atoms with E-state index in [0.717, 1.165) is 9.87 Å². The molecule has 0 aliphatic carbocycles. The molecule has 5 nitrogen and oxygen atoms in total. The van der Waals surface area contributed by atoms with Gasteiger partial charge in [0.05, 0.1) is 22.8 Å². The number of hydrogen-bond acceptors (Lipinski definition) is 4. The minimum absolute atomic E-state index is 0.0396. The van der Waals surface area contributed by atoms with Gasteiger partial charge in [-0.3, -0.25) is 4.79 Å². The van der Waals surface area contributed by atoms with Crippen molar-refractivity contribution in [3.63, 3.8) is 0 Å². The molecule has 0 spiro atoms. The number of amides is 1. The maximum atomic E-state index is 13.4. The molecule has 144 valence electrons. The van der Waals surface area contributed by atoms with Crippen molar-refractivity contribution in [3.05, 3.63) is 90.0 Å². The second-order valence-corrected chi connectivity index (χ2v) is 7.94. The molecule has 0 fully saturated rings. The van der Waals surface area contributed by atoms with Crippen molar-refractivity contribution in [2.24, 2.45) is 0 Å². The van der Waals surface area contributed by atoms with Crippen LogP contribution in [0, 0.1) is 6.92 Å². The molecule has 3 aromatic rings. The molecular weight excluding hydrogens is 374 g/mol. The van der Waals surface area contributed by atoms with E-state index in [1.807, 2.05) is 6.92 Å². The molecule has 6 heteroatoms. The van der Waals surface area contributed by atoms with Crippen LogP contribution in [0.2, 0.25) is 0 Å². The van der Waals surface area contributed by atoms with Crippen molar-refractivity contribution in [1.29, 1.82) is 0 Å². The van der Waals surface area contributed by atoms with Crippen molar-refractivity contribution < 1.29 is 17.9 Å². The van der Waals surface area contributed by atoms with Gasteiger partial charge in [0.2, 0.25) is 0 Å². The number of hydrogen-bond donors (Lipinski definition) is 0. The molecule has 28 heavy (non-hydrogen) atoms. The lowest BCUT2D eigenvalue weighted by Gasteiger charge is -2.24. The Morgan fingerprint density at radius 2 is 1.50 bits per heavy atom. The number of para-hydroxylation sites is 1. The largest absolute Gasteiger partial charge is 0.493 e. The number of aryl methyl sites for hydroxylation is 1. The molecule has 0 aliphatic heterocycles. The quantitative estimate of drug-likeness (QED) is 0.619. The SMILES string of the molecule is CCOc1ccccc1C(=O)N(c1ccc(C)cc1)S(=O)(=O)c1ccccc1. The smallest absolute Gasteiger partial charge is 0.276 e. The van der Waals surface area contributed by atoms with Crippen LogP contribution >= 0.6 is 0 Å². The first-order valence-corrected chi connectivity index (χ1v) is 10.3. The lowest BCUT2D eigenvalue weighted by molar-refractivity contribution is 0.100. The lowest BCUT2D eigenvalue weighted by atomic mass is 10.1. The van der Waals surface area contributed by atoms with E-state index in [2.05, 4.69) is 0 Å². The molecule has 0 radical (unpaired) electrons. The summed E-state index contributed by atoms with van der Waals surface area (Å²) in [6.45, 7) is 4.06. The monoisotopic (exact) mass is 395 g/mol. The fourth-order valence-electron chi connectivity index (χ4n) is 2.78. The van der Waals surface area contributed by atoms with Gasteiger partial charge >= 0.3 is 0 Å². The van der Waals surface area contributed by atoms with Gasteiger partial charge in [-0.2, -0.15) is 4.31 Å². The van der Waals surface area contributed by atoms with E-state index in [4.69, 9.17) is 4.74 Å². The molecule has 0 atom stereocenters. The zero-order valence-electron chi connectivity index (χ0n) is 15.7. The molecule has 3 rings (SSSR count). The van der Waals surface area contributed by atoms with Gasteiger partial charge in [0, 0.05) is 0 Å². The summed E-state index contributed by atoms with van der Waals surface area (Å²) in [7, 11) is -4.12. The van der Waals surface area contributed by atoms with Gasteiger partial charge in [-0.15, -0.1) is 0 Å². The minimum atomic E-state index is -4.12. The van der Waals surface area contributed by atoms with Gasteiger partial charge in [0.1, 0.15) is 5.75 Å². The van der Waals surface area contributed by atoms with Gasteiger partial charge < -0.3 is 4.74 Å². The zero-order chi connectivity index (χ0) is 20.1. The minimum Gasteiger partial charge on any atom is -0.493 e. The molecular formula is C22H21NO4S. The Kier molecular flexibility index (Phi) is 5.80. The summed E-state index contributed by atoms with van der Waals surface area (Å²) < 4.78 is 33.1. The Bertz CT molecular complexity index is 1060. The second kappa shape index (κ2) is 8.27. The molecule has 1 amide bonds. The second-order valence-electron chi connectivity index (χ2n) is 6.15. The molecule has 0 aromatic heterocycles. The van der Waals surface area contributed by atoms with Crippen LogP contribution in [0.3, 0.4) is 0 Å². The van der Waals surface area contributed by atoms with Gasteiger partial charge in [-0.1, -0.05) is 48.0 Å². The number of carbonyl (C=O) groups excluding carboxylic acids is 1. The average Bonchev–Trinajstić information content (AvgIpc) is 2.71. The third-order valence-corrected chi connectivity index (χ3v) is 5.88. The zero-order valence-corrected chi connectivity index (χ0v) is 16.5. The standard InChI is InChI=1S/C22H21NO4S/c1-3-27-21-12-8-7-11-20(21)22(24)23(18-15-13-17(2)14-16-18)28(25,26)19-9-5-4-6-10-19/h4-16H,3H2,1-2H3. The number of rotatable bonds is 6. The highest BCUT2D eigenvalue weighted by molar-refractivity contribution is 7.93. The highest BCUT2D eigenvalue weighted by atomic mass is 32.2. The van der Waals surface area contributed by atoms with Crippen LogP contribution in [-0.2, 0) is 10.0 Å². The number of benzene rings is 3. The fourth-order valence-corrected chi connectivity index (χ4v) is 4.21. The number of carbonyl (C=O) groups is 1. The first kappa shape index (κ1) is 19.6. The van der Waals surface area contributed by atoms with Crippen LogP contribution in [0.4, 0.5) is 5.69 Å². The molecule has 0 unspecified atom stereocenters. The first-order valence-electron chi connectivity index (χ1n) is 8.88. The Morgan fingerprint density at radius 1 is 0.893 bits per heavy atom. The fraction of sp³-hybridized carbons (Fsp3) is 0.136. The van der Waals surface area contributed by atoms with Crippen molar-refractivity contribution in [2.45, 2.75) is 18.7 Å². The van der Waals surface area contributed by atoms with E-state index in [0.29, 0.717) is 12.4 Å². The summed E-state index contributed by atoms with van der Waals surface area (Å²) in [4.78, 5) is 13.5.